The Morgan fingerprint density at radius 2 is 1.14 bits per heavy atom. The second kappa shape index (κ2) is 4.34. The molecule has 0 radical (unpaired) electrons. The summed E-state index contributed by atoms with van der Waals surface area (Å²) in [4.78, 5) is 35.5. The monoisotopic (exact) mass is 288 g/mol. The van der Waals surface area contributed by atoms with Crippen LogP contribution in [-0.2, 0) is 0 Å². The molecule has 2 aliphatic carbocycles. The van der Waals surface area contributed by atoms with Gasteiger partial charge in [0.15, 0.2) is 17.3 Å². The van der Waals surface area contributed by atoms with Gasteiger partial charge in [-0.05, 0) is 34.4 Å². The molecule has 106 valence electrons. The minimum Gasteiger partial charge on any atom is -0.294 e. The maximum Gasteiger partial charge on any atom is 0.171 e. The number of benzene rings is 2. The van der Waals surface area contributed by atoms with E-state index in [-0.39, 0.29) is 23.8 Å². The fourth-order valence-corrected chi connectivity index (χ4v) is 3.18. The van der Waals surface area contributed by atoms with E-state index in [4.69, 9.17) is 0 Å². The molecule has 2 aromatic carbocycles. The van der Waals surface area contributed by atoms with Gasteiger partial charge in [-0.2, -0.15) is 0 Å². The van der Waals surface area contributed by atoms with Crippen LogP contribution in [0, 0.1) is 0 Å². The number of allylic oxidation sites excluding steroid dienone is 1. The summed E-state index contributed by atoms with van der Waals surface area (Å²) in [5.74, 6) is -0.172. The predicted molar refractivity (Wildman–Crippen MR) is 83.1 cm³/mol. The van der Waals surface area contributed by atoms with E-state index in [2.05, 4.69) is 6.58 Å². The average Bonchev–Trinajstić information content (AvgIpc) is 2.96. The quantitative estimate of drug-likeness (QED) is 0.751. The van der Waals surface area contributed by atoms with Crippen LogP contribution in [0.25, 0.3) is 16.7 Å². The molecular formula is C19H12O3. The molecule has 4 rings (SSSR count). The van der Waals surface area contributed by atoms with E-state index in [0.29, 0.717) is 23.1 Å². The van der Waals surface area contributed by atoms with Crippen molar-refractivity contribution < 1.29 is 14.4 Å². The van der Waals surface area contributed by atoms with Gasteiger partial charge in [0.25, 0.3) is 0 Å². The lowest BCUT2D eigenvalue weighted by molar-refractivity contribution is 0.0921. The normalized spacial score (nSPS) is 16.2. The first-order valence-corrected chi connectivity index (χ1v) is 7.11. The zero-order chi connectivity index (χ0) is 15.4. The first-order chi connectivity index (χ1) is 10.5. The van der Waals surface area contributed by atoms with Crippen molar-refractivity contribution in [2.75, 3.05) is 0 Å². The average molecular weight is 288 g/mol. The third kappa shape index (κ3) is 1.72. The Morgan fingerprint density at radius 1 is 0.636 bits per heavy atom. The van der Waals surface area contributed by atoms with E-state index in [1.165, 1.54) is 0 Å². The van der Waals surface area contributed by atoms with Crippen molar-refractivity contribution in [2.24, 2.45) is 0 Å². The van der Waals surface area contributed by atoms with Crippen LogP contribution in [0.4, 0.5) is 0 Å². The first-order valence-electron chi connectivity index (χ1n) is 7.11. The van der Waals surface area contributed by atoms with Crippen molar-refractivity contribution in [1.29, 1.82) is 0 Å². The van der Waals surface area contributed by atoms with Gasteiger partial charge in [-0.1, -0.05) is 30.8 Å². The standard InChI is InChI=1S/C19H12O3/c1-10-6-17(20)15-7-11(2-4-13(10)15)12-3-5-14-16(8-12)19(22)9-18(14)21/h2-5,7-8H,1,6,9H2. The molecule has 2 aromatic rings. The van der Waals surface area contributed by atoms with Gasteiger partial charge in [0, 0.05) is 23.1 Å². The highest BCUT2D eigenvalue weighted by atomic mass is 16.2. The fourth-order valence-electron chi connectivity index (χ4n) is 3.18. The summed E-state index contributed by atoms with van der Waals surface area (Å²) >= 11 is 0. The topological polar surface area (TPSA) is 51.2 Å². The first kappa shape index (κ1) is 12.9. The lowest BCUT2D eigenvalue weighted by Crippen LogP contribution is -1.94. The molecule has 0 bridgehead atoms. The molecule has 0 N–H and O–H groups in total. The summed E-state index contributed by atoms with van der Waals surface area (Å²) in [6.45, 7) is 3.91. The van der Waals surface area contributed by atoms with Crippen molar-refractivity contribution in [3.05, 3.63) is 65.2 Å². The van der Waals surface area contributed by atoms with E-state index in [1.54, 1.807) is 12.1 Å². The van der Waals surface area contributed by atoms with Gasteiger partial charge in [-0.3, -0.25) is 14.4 Å². The number of carbonyl (C=O) groups is 3. The lowest BCUT2D eigenvalue weighted by atomic mass is 9.97. The molecule has 0 spiro atoms. The van der Waals surface area contributed by atoms with E-state index < -0.39 is 0 Å². The fraction of sp³-hybridized carbons (Fsp3) is 0.105. The molecule has 0 aromatic heterocycles. The van der Waals surface area contributed by atoms with Crippen molar-refractivity contribution in [3.63, 3.8) is 0 Å². The molecule has 0 heterocycles. The van der Waals surface area contributed by atoms with Crippen LogP contribution in [0.1, 0.15) is 49.5 Å². The zero-order valence-electron chi connectivity index (χ0n) is 11.8. The highest BCUT2D eigenvalue weighted by Gasteiger charge is 2.28. The molecule has 0 unspecified atom stereocenters. The van der Waals surface area contributed by atoms with E-state index in [0.717, 1.165) is 22.3 Å². The molecule has 0 saturated carbocycles. The number of hydrogen-bond acceptors (Lipinski definition) is 3. The van der Waals surface area contributed by atoms with Crippen LogP contribution >= 0.6 is 0 Å². The number of ketones is 3. The maximum absolute atomic E-state index is 12.0. The molecule has 0 atom stereocenters. The minimum absolute atomic E-state index is 0.0404. The summed E-state index contributed by atoms with van der Waals surface area (Å²) in [7, 11) is 0. The van der Waals surface area contributed by atoms with Gasteiger partial charge in [-0.25, -0.2) is 0 Å². The Labute approximate surface area is 127 Å². The third-order valence-corrected chi connectivity index (χ3v) is 4.35. The number of hydrogen-bond donors (Lipinski definition) is 0. The summed E-state index contributed by atoms with van der Waals surface area (Å²) in [6.07, 6.45) is 0.331. The van der Waals surface area contributed by atoms with Crippen molar-refractivity contribution in [1.82, 2.24) is 0 Å². The van der Waals surface area contributed by atoms with Gasteiger partial charge in [0.2, 0.25) is 0 Å². The summed E-state index contributed by atoms with van der Waals surface area (Å²) < 4.78 is 0. The SMILES string of the molecule is C=C1CC(=O)c2cc(-c3ccc4c(c3)C(=O)CC4=O)ccc21. The van der Waals surface area contributed by atoms with Crippen LogP contribution in [0.15, 0.2) is 43.0 Å². The summed E-state index contributed by atoms with van der Waals surface area (Å²) in [5.41, 5.74) is 5.14. The predicted octanol–water partition coefficient (Wildman–Crippen LogP) is 3.72. The maximum atomic E-state index is 12.0. The van der Waals surface area contributed by atoms with Crippen molar-refractivity contribution in [3.8, 4) is 11.1 Å². The number of rotatable bonds is 1. The van der Waals surface area contributed by atoms with Gasteiger partial charge >= 0.3 is 0 Å². The van der Waals surface area contributed by atoms with Crippen molar-refractivity contribution in [2.45, 2.75) is 12.8 Å². The van der Waals surface area contributed by atoms with Crippen LogP contribution in [0.3, 0.4) is 0 Å². The number of carbonyl (C=O) groups excluding carboxylic acids is 3. The molecular weight excluding hydrogens is 276 g/mol. The Kier molecular flexibility index (Phi) is 2.54. The second-order valence-corrected chi connectivity index (χ2v) is 5.75. The van der Waals surface area contributed by atoms with Crippen LogP contribution in [-0.4, -0.2) is 17.3 Å². The zero-order valence-corrected chi connectivity index (χ0v) is 11.8. The van der Waals surface area contributed by atoms with Crippen LogP contribution < -0.4 is 0 Å². The van der Waals surface area contributed by atoms with E-state index in [1.807, 2.05) is 24.3 Å². The smallest absolute Gasteiger partial charge is 0.171 e. The van der Waals surface area contributed by atoms with Crippen LogP contribution in [0.2, 0.25) is 0 Å². The molecule has 3 heteroatoms. The van der Waals surface area contributed by atoms with Gasteiger partial charge in [-0.15, -0.1) is 0 Å². The molecule has 22 heavy (non-hydrogen) atoms. The Morgan fingerprint density at radius 3 is 1.82 bits per heavy atom. The number of Topliss-reactive ketones (excluding diaryl/α,β-unsaturated/α-hetero) is 3. The second-order valence-electron chi connectivity index (χ2n) is 5.75. The summed E-state index contributed by atoms with van der Waals surface area (Å²) in [6, 6.07) is 10.9. The third-order valence-electron chi connectivity index (χ3n) is 4.35. The lowest BCUT2D eigenvalue weighted by Gasteiger charge is -2.06. The van der Waals surface area contributed by atoms with E-state index in [9.17, 15) is 14.4 Å². The van der Waals surface area contributed by atoms with Crippen molar-refractivity contribution >= 4 is 22.9 Å². The Hall–Kier alpha value is -2.81. The van der Waals surface area contributed by atoms with Gasteiger partial charge in [0.05, 0.1) is 6.42 Å². The Balaban J connectivity index is 1.84. The molecule has 2 aliphatic rings. The number of fused-ring (bicyclic) bond motifs is 2. The Bertz CT molecular complexity index is 827. The largest absolute Gasteiger partial charge is 0.294 e. The highest BCUT2D eigenvalue weighted by Crippen LogP contribution is 2.35. The minimum atomic E-state index is -0.132. The van der Waals surface area contributed by atoms with Gasteiger partial charge in [0.1, 0.15) is 0 Å². The molecule has 0 saturated heterocycles. The highest BCUT2D eigenvalue weighted by molar-refractivity contribution is 6.24. The molecule has 0 aliphatic heterocycles. The van der Waals surface area contributed by atoms with E-state index >= 15 is 0 Å². The van der Waals surface area contributed by atoms with Crippen LogP contribution in [0.5, 0.6) is 0 Å². The molecule has 0 fully saturated rings. The molecule has 3 nitrogen and oxygen atoms in total. The van der Waals surface area contributed by atoms with Gasteiger partial charge < -0.3 is 0 Å². The summed E-state index contributed by atoms with van der Waals surface area (Å²) in [5, 5.41) is 0. The molecule has 0 amide bonds.